The summed E-state index contributed by atoms with van der Waals surface area (Å²) in [5.74, 6) is 0.692. The maximum absolute atomic E-state index is 13.5. The van der Waals surface area contributed by atoms with Gasteiger partial charge in [0.25, 0.3) is 0 Å². The average Bonchev–Trinajstić information content (AvgIpc) is 2.71. The lowest BCUT2D eigenvalue weighted by Gasteiger charge is -2.40. The Kier molecular flexibility index (Phi) is 4.80. The van der Waals surface area contributed by atoms with Crippen LogP contribution in [0.15, 0.2) is 54.1 Å². The molecule has 0 aromatic heterocycles. The minimum atomic E-state index is -0.376. The van der Waals surface area contributed by atoms with E-state index >= 15 is 0 Å². The largest absolute Gasteiger partial charge is 0.495 e. The topological polar surface area (TPSA) is 38.3 Å². The molecule has 0 saturated carbocycles. The van der Waals surface area contributed by atoms with E-state index in [4.69, 9.17) is 27.9 Å². The van der Waals surface area contributed by atoms with E-state index < -0.39 is 0 Å². The summed E-state index contributed by atoms with van der Waals surface area (Å²) in [5.41, 5.74) is 4.69. The van der Waals surface area contributed by atoms with Crippen molar-refractivity contribution in [2.24, 2.45) is 5.41 Å². The van der Waals surface area contributed by atoms with Crippen LogP contribution >= 0.6 is 23.2 Å². The third-order valence-corrected chi connectivity index (χ3v) is 6.79. The zero-order valence-corrected chi connectivity index (χ0v) is 19.2. The lowest BCUT2D eigenvalue weighted by atomic mass is 9.68. The van der Waals surface area contributed by atoms with E-state index in [2.05, 4.69) is 43.4 Å². The predicted octanol–water partition coefficient (Wildman–Crippen LogP) is 7.46. The van der Waals surface area contributed by atoms with Crippen molar-refractivity contribution in [3.63, 3.8) is 0 Å². The molecule has 1 aliphatic carbocycles. The van der Waals surface area contributed by atoms with Gasteiger partial charge in [0.15, 0.2) is 5.78 Å². The molecular weight excluding hydrogens is 429 g/mol. The van der Waals surface area contributed by atoms with Gasteiger partial charge >= 0.3 is 0 Å². The Morgan fingerprint density at radius 2 is 1.84 bits per heavy atom. The fourth-order valence-electron chi connectivity index (χ4n) is 5.08. The molecule has 3 nitrogen and oxygen atoms in total. The second kappa shape index (κ2) is 7.29. The van der Waals surface area contributed by atoms with Gasteiger partial charge < -0.3 is 10.1 Å². The number of fused-ring (bicyclic) bond motifs is 4. The van der Waals surface area contributed by atoms with Crippen molar-refractivity contribution in [2.45, 2.75) is 32.7 Å². The van der Waals surface area contributed by atoms with Crippen molar-refractivity contribution >= 4 is 51.0 Å². The molecule has 0 fully saturated rings. The Labute approximate surface area is 192 Å². The molecule has 2 aliphatic rings. The third-order valence-electron chi connectivity index (χ3n) is 6.29. The SMILES string of the molecule is COc1c(Cl)cc(Cl)cc1[C@H]1Nc2ccc3ccccc3c2C2=C1C(=O)CC(C)(C)C2. The van der Waals surface area contributed by atoms with E-state index in [9.17, 15) is 4.79 Å². The highest BCUT2D eigenvalue weighted by Gasteiger charge is 2.41. The van der Waals surface area contributed by atoms with E-state index in [1.165, 1.54) is 0 Å². The van der Waals surface area contributed by atoms with Crippen LogP contribution in [0.25, 0.3) is 16.3 Å². The van der Waals surface area contributed by atoms with Crippen LogP contribution in [-0.4, -0.2) is 12.9 Å². The Morgan fingerprint density at radius 3 is 2.61 bits per heavy atom. The van der Waals surface area contributed by atoms with Gasteiger partial charge in [-0.15, -0.1) is 0 Å². The second-order valence-electron chi connectivity index (χ2n) is 9.13. The Morgan fingerprint density at radius 1 is 1.06 bits per heavy atom. The molecule has 3 aromatic carbocycles. The van der Waals surface area contributed by atoms with Crippen LogP contribution in [0.1, 0.15) is 43.9 Å². The molecule has 5 rings (SSSR count). The van der Waals surface area contributed by atoms with Gasteiger partial charge in [-0.25, -0.2) is 0 Å². The molecule has 0 spiro atoms. The van der Waals surface area contributed by atoms with Crippen molar-refractivity contribution in [1.29, 1.82) is 0 Å². The highest BCUT2D eigenvalue weighted by atomic mass is 35.5. The minimum Gasteiger partial charge on any atom is -0.495 e. The van der Waals surface area contributed by atoms with E-state index in [1.807, 2.05) is 18.2 Å². The number of benzene rings is 3. The van der Waals surface area contributed by atoms with Crippen LogP contribution in [0.2, 0.25) is 10.0 Å². The lowest BCUT2D eigenvalue weighted by Crippen LogP contribution is -2.33. The first-order valence-corrected chi connectivity index (χ1v) is 11.1. The first-order valence-electron chi connectivity index (χ1n) is 10.4. The van der Waals surface area contributed by atoms with Crippen LogP contribution in [0.4, 0.5) is 5.69 Å². The van der Waals surface area contributed by atoms with Gasteiger partial charge in [-0.2, -0.15) is 0 Å². The highest BCUT2D eigenvalue weighted by Crippen LogP contribution is 2.53. The summed E-state index contributed by atoms with van der Waals surface area (Å²) < 4.78 is 5.63. The maximum atomic E-state index is 13.5. The molecule has 1 atom stereocenters. The highest BCUT2D eigenvalue weighted by molar-refractivity contribution is 6.35. The normalized spacial score (nSPS) is 19.6. The number of rotatable bonds is 2. The third kappa shape index (κ3) is 3.31. The summed E-state index contributed by atoms with van der Waals surface area (Å²) in [6.07, 6.45) is 1.32. The zero-order valence-electron chi connectivity index (χ0n) is 17.7. The number of ketones is 1. The van der Waals surface area contributed by atoms with Crippen molar-refractivity contribution in [3.05, 3.63) is 75.3 Å². The molecule has 0 radical (unpaired) electrons. The maximum Gasteiger partial charge on any atom is 0.162 e. The number of ether oxygens (including phenoxy) is 1. The van der Waals surface area contributed by atoms with Gasteiger partial charge in [-0.05, 0) is 46.4 Å². The summed E-state index contributed by atoms with van der Waals surface area (Å²) in [5, 5.41) is 6.87. The van der Waals surface area contributed by atoms with Gasteiger partial charge in [-0.1, -0.05) is 67.4 Å². The van der Waals surface area contributed by atoms with E-state index in [1.54, 1.807) is 13.2 Å². The quantitative estimate of drug-likeness (QED) is 0.439. The molecule has 0 saturated heterocycles. The molecule has 5 heteroatoms. The number of carbonyl (C=O) groups is 1. The van der Waals surface area contributed by atoms with Gasteiger partial charge in [0.1, 0.15) is 5.75 Å². The molecule has 1 aliphatic heterocycles. The standard InChI is InChI=1S/C26H23Cl2NO2/c1-26(2)12-18-22-16-7-5-4-6-14(16)8-9-20(22)29-24(23(18)21(30)13-26)17-10-15(27)11-19(28)25(17)31-3/h4-11,24,29H,12-13H2,1-3H3/t24-/m1/s1. The number of hydrogen-bond acceptors (Lipinski definition) is 3. The van der Waals surface area contributed by atoms with Crippen LogP contribution < -0.4 is 10.1 Å². The van der Waals surface area contributed by atoms with E-state index in [-0.39, 0.29) is 17.2 Å². The van der Waals surface area contributed by atoms with Crippen molar-refractivity contribution < 1.29 is 9.53 Å². The number of halogens is 2. The predicted molar refractivity (Wildman–Crippen MR) is 128 cm³/mol. The lowest BCUT2D eigenvalue weighted by molar-refractivity contribution is -0.118. The summed E-state index contributed by atoms with van der Waals surface area (Å²) in [4.78, 5) is 13.5. The van der Waals surface area contributed by atoms with Gasteiger partial charge in [-0.3, -0.25) is 4.79 Å². The zero-order chi connectivity index (χ0) is 21.9. The average molecular weight is 452 g/mol. The summed E-state index contributed by atoms with van der Waals surface area (Å²) in [7, 11) is 1.59. The first kappa shape index (κ1) is 20.4. The smallest absolute Gasteiger partial charge is 0.162 e. The van der Waals surface area contributed by atoms with Gasteiger partial charge in [0.05, 0.1) is 18.2 Å². The van der Waals surface area contributed by atoms with Crippen LogP contribution in [0, 0.1) is 5.41 Å². The van der Waals surface area contributed by atoms with Crippen molar-refractivity contribution in [3.8, 4) is 5.75 Å². The molecule has 0 bridgehead atoms. The van der Waals surface area contributed by atoms with Crippen LogP contribution in [0.3, 0.4) is 0 Å². The first-order chi connectivity index (χ1) is 14.8. The molecule has 1 heterocycles. The second-order valence-corrected chi connectivity index (χ2v) is 9.97. The number of Topliss-reactive ketones (excluding diaryl/α,β-unsaturated/α-hetero) is 1. The van der Waals surface area contributed by atoms with E-state index in [0.717, 1.165) is 45.2 Å². The molecule has 31 heavy (non-hydrogen) atoms. The fourth-order valence-corrected chi connectivity index (χ4v) is 5.67. The van der Waals surface area contributed by atoms with Crippen LogP contribution in [-0.2, 0) is 4.79 Å². The Balaban J connectivity index is 1.83. The molecule has 1 N–H and O–H groups in total. The molecule has 0 amide bonds. The summed E-state index contributed by atoms with van der Waals surface area (Å²) in [6, 6.07) is 15.7. The number of nitrogens with one attached hydrogen (secondary N) is 1. The van der Waals surface area contributed by atoms with Gasteiger partial charge in [0.2, 0.25) is 0 Å². The molecule has 0 unspecified atom stereocenters. The number of methoxy groups -OCH3 is 1. The van der Waals surface area contributed by atoms with E-state index in [0.29, 0.717) is 22.2 Å². The number of carbonyl (C=O) groups excluding carboxylic acids is 1. The van der Waals surface area contributed by atoms with Crippen LogP contribution in [0.5, 0.6) is 5.75 Å². The number of hydrogen-bond donors (Lipinski definition) is 1. The fraction of sp³-hybridized carbons (Fsp3) is 0.269. The molecule has 3 aromatic rings. The Bertz CT molecular complexity index is 1280. The number of allylic oxidation sites excluding steroid dienone is 1. The summed E-state index contributed by atoms with van der Waals surface area (Å²) in [6.45, 7) is 4.32. The van der Waals surface area contributed by atoms with Crippen molar-refractivity contribution in [1.82, 2.24) is 0 Å². The molecule has 158 valence electrons. The minimum absolute atomic E-state index is 0.109. The summed E-state index contributed by atoms with van der Waals surface area (Å²) >= 11 is 12.8. The van der Waals surface area contributed by atoms with Gasteiger partial charge in [0, 0.05) is 33.8 Å². The Hall–Kier alpha value is -2.49. The monoisotopic (exact) mass is 451 g/mol. The molecular formula is C26H23Cl2NO2. The van der Waals surface area contributed by atoms with Crippen molar-refractivity contribution in [2.75, 3.05) is 12.4 Å². The number of anilines is 1.